The lowest BCUT2D eigenvalue weighted by molar-refractivity contribution is 0.403. The average Bonchev–Trinajstić information content (AvgIpc) is 2.87. The van der Waals surface area contributed by atoms with Gasteiger partial charge in [-0.25, -0.2) is 0 Å². The van der Waals surface area contributed by atoms with E-state index < -0.39 is 0 Å². The van der Waals surface area contributed by atoms with Crippen molar-refractivity contribution in [2.24, 2.45) is 5.41 Å². The molecule has 2 aliphatic carbocycles. The van der Waals surface area contributed by atoms with Gasteiger partial charge in [0.1, 0.15) is 0 Å². The zero-order chi connectivity index (χ0) is 9.15. The summed E-state index contributed by atoms with van der Waals surface area (Å²) in [6.45, 7) is 3.69. The van der Waals surface area contributed by atoms with Crippen molar-refractivity contribution in [2.45, 2.75) is 64.3 Å². The van der Waals surface area contributed by atoms with Gasteiger partial charge in [0, 0.05) is 12.6 Å². The van der Waals surface area contributed by atoms with Crippen molar-refractivity contribution in [1.82, 2.24) is 5.32 Å². The molecule has 1 nitrogen and oxygen atoms in total. The highest BCUT2D eigenvalue weighted by molar-refractivity contribution is 4.91. The maximum atomic E-state index is 3.76. The molecule has 1 heteroatoms. The third-order valence-electron chi connectivity index (χ3n) is 3.78. The minimum atomic E-state index is 0.687. The van der Waals surface area contributed by atoms with E-state index in [9.17, 15) is 0 Å². The first-order valence-corrected chi connectivity index (χ1v) is 6.02. The zero-order valence-electron chi connectivity index (χ0n) is 8.94. The Bertz CT molecular complexity index is 153. The van der Waals surface area contributed by atoms with Crippen molar-refractivity contribution < 1.29 is 0 Å². The predicted octanol–water partition coefficient (Wildman–Crippen LogP) is 3.10. The molecule has 0 saturated heterocycles. The third kappa shape index (κ3) is 2.98. The van der Waals surface area contributed by atoms with Crippen LogP contribution in [0.1, 0.15) is 58.3 Å². The Morgan fingerprint density at radius 2 is 1.69 bits per heavy atom. The second-order valence-electron chi connectivity index (χ2n) is 5.38. The first kappa shape index (κ1) is 9.51. The fourth-order valence-corrected chi connectivity index (χ4v) is 2.26. The van der Waals surface area contributed by atoms with Gasteiger partial charge in [-0.1, -0.05) is 32.6 Å². The Kier molecular flexibility index (Phi) is 2.92. The van der Waals surface area contributed by atoms with Crippen molar-refractivity contribution in [3.8, 4) is 0 Å². The molecule has 1 N–H and O–H groups in total. The monoisotopic (exact) mass is 181 g/mol. The number of hydrogen-bond acceptors (Lipinski definition) is 1. The van der Waals surface area contributed by atoms with Crippen LogP contribution in [0, 0.1) is 5.41 Å². The van der Waals surface area contributed by atoms with Gasteiger partial charge in [-0.05, 0) is 31.1 Å². The quantitative estimate of drug-likeness (QED) is 0.660. The highest BCUT2D eigenvalue weighted by atomic mass is 14.9. The van der Waals surface area contributed by atoms with Crippen molar-refractivity contribution in [3.05, 3.63) is 0 Å². The molecule has 0 atom stereocenters. The fraction of sp³-hybridized carbons (Fsp3) is 1.00. The first-order valence-electron chi connectivity index (χ1n) is 6.02. The summed E-state index contributed by atoms with van der Waals surface area (Å²) in [5.74, 6) is 0. The Hall–Kier alpha value is -0.0400. The molecule has 0 aromatic carbocycles. The SMILES string of the molecule is CC1(CNC2CCCCCC2)CC1. The third-order valence-corrected chi connectivity index (χ3v) is 3.78. The van der Waals surface area contributed by atoms with Gasteiger partial charge in [-0.3, -0.25) is 0 Å². The molecule has 2 fully saturated rings. The Morgan fingerprint density at radius 1 is 1.08 bits per heavy atom. The van der Waals surface area contributed by atoms with E-state index >= 15 is 0 Å². The highest BCUT2D eigenvalue weighted by Crippen LogP contribution is 2.44. The fourth-order valence-electron chi connectivity index (χ4n) is 2.26. The topological polar surface area (TPSA) is 12.0 Å². The summed E-state index contributed by atoms with van der Waals surface area (Å²) in [7, 11) is 0. The Morgan fingerprint density at radius 3 is 2.23 bits per heavy atom. The van der Waals surface area contributed by atoms with E-state index in [1.165, 1.54) is 57.9 Å². The largest absolute Gasteiger partial charge is 0.313 e. The number of hydrogen-bond donors (Lipinski definition) is 1. The van der Waals surface area contributed by atoms with Crippen molar-refractivity contribution in [3.63, 3.8) is 0 Å². The molecular formula is C12H23N. The number of nitrogens with one attached hydrogen (secondary N) is 1. The Labute approximate surface area is 82.3 Å². The van der Waals surface area contributed by atoms with Gasteiger partial charge < -0.3 is 5.32 Å². The minimum Gasteiger partial charge on any atom is -0.313 e. The summed E-state index contributed by atoms with van der Waals surface area (Å²) in [6.07, 6.45) is 11.6. The molecule has 2 rings (SSSR count). The van der Waals surface area contributed by atoms with Crippen LogP contribution in [-0.2, 0) is 0 Å². The van der Waals surface area contributed by atoms with E-state index in [0.717, 1.165) is 6.04 Å². The second-order valence-corrected chi connectivity index (χ2v) is 5.38. The van der Waals surface area contributed by atoms with Gasteiger partial charge in [0.15, 0.2) is 0 Å². The molecule has 0 radical (unpaired) electrons. The van der Waals surface area contributed by atoms with Gasteiger partial charge in [0.05, 0.1) is 0 Å². The second kappa shape index (κ2) is 4.00. The van der Waals surface area contributed by atoms with E-state index in [4.69, 9.17) is 0 Å². The summed E-state index contributed by atoms with van der Waals surface area (Å²) < 4.78 is 0. The van der Waals surface area contributed by atoms with Crippen LogP contribution in [0.3, 0.4) is 0 Å². The molecule has 0 bridgehead atoms. The summed E-state index contributed by atoms with van der Waals surface area (Å²) in [4.78, 5) is 0. The van der Waals surface area contributed by atoms with Gasteiger partial charge in [-0.2, -0.15) is 0 Å². The van der Waals surface area contributed by atoms with Crippen LogP contribution >= 0.6 is 0 Å². The van der Waals surface area contributed by atoms with Crippen LogP contribution in [0.5, 0.6) is 0 Å². The van der Waals surface area contributed by atoms with Gasteiger partial charge in [0.2, 0.25) is 0 Å². The molecule has 0 aromatic heterocycles. The Balaban J connectivity index is 1.67. The molecule has 0 unspecified atom stereocenters. The van der Waals surface area contributed by atoms with Gasteiger partial charge in [0.25, 0.3) is 0 Å². The van der Waals surface area contributed by atoms with Crippen molar-refractivity contribution in [1.29, 1.82) is 0 Å². The van der Waals surface area contributed by atoms with E-state index in [-0.39, 0.29) is 0 Å². The van der Waals surface area contributed by atoms with Crippen molar-refractivity contribution in [2.75, 3.05) is 6.54 Å². The van der Waals surface area contributed by atoms with Crippen LogP contribution in [-0.4, -0.2) is 12.6 Å². The van der Waals surface area contributed by atoms with Crippen LogP contribution in [0.2, 0.25) is 0 Å². The van der Waals surface area contributed by atoms with E-state index in [1.807, 2.05) is 0 Å². The summed E-state index contributed by atoms with van der Waals surface area (Å²) >= 11 is 0. The standard InChI is InChI=1S/C12H23N/c1-12(8-9-12)10-13-11-6-4-2-3-5-7-11/h11,13H,2-10H2,1H3. The van der Waals surface area contributed by atoms with Crippen LogP contribution in [0.25, 0.3) is 0 Å². The predicted molar refractivity (Wildman–Crippen MR) is 56.8 cm³/mol. The lowest BCUT2D eigenvalue weighted by atomic mass is 10.1. The van der Waals surface area contributed by atoms with E-state index in [2.05, 4.69) is 12.2 Å². The summed E-state index contributed by atoms with van der Waals surface area (Å²) in [5, 5.41) is 3.76. The van der Waals surface area contributed by atoms with Crippen LogP contribution in [0.4, 0.5) is 0 Å². The van der Waals surface area contributed by atoms with Crippen molar-refractivity contribution >= 4 is 0 Å². The first-order chi connectivity index (χ1) is 6.29. The molecule has 0 spiro atoms. The smallest absolute Gasteiger partial charge is 0.00672 e. The van der Waals surface area contributed by atoms with Crippen LogP contribution in [0.15, 0.2) is 0 Å². The van der Waals surface area contributed by atoms with E-state index in [1.54, 1.807) is 0 Å². The molecule has 2 saturated carbocycles. The van der Waals surface area contributed by atoms with Crippen LogP contribution < -0.4 is 5.32 Å². The lowest BCUT2D eigenvalue weighted by Gasteiger charge is -2.18. The van der Waals surface area contributed by atoms with Gasteiger partial charge >= 0.3 is 0 Å². The molecule has 13 heavy (non-hydrogen) atoms. The normalized spacial score (nSPS) is 28.4. The molecule has 76 valence electrons. The maximum Gasteiger partial charge on any atom is 0.00672 e. The summed E-state index contributed by atoms with van der Waals surface area (Å²) in [6, 6.07) is 0.847. The molecule has 2 aliphatic rings. The average molecular weight is 181 g/mol. The zero-order valence-corrected chi connectivity index (χ0v) is 8.94. The van der Waals surface area contributed by atoms with Gasteiger partial charge in [-0.15, -0.1) is 0 Å². The molecule has 0 heterocycles. The highest BCUT2D eigenvalue weighted by Gasteiger charge is 2.37. The molecule has 0 amide bonds. The summed E-state index contributed by atoms with van der Waals surface area (Å²) in [5.41, 5.74) is 0.687. The lowest BCUT2D eigenvalue weighted by Crippen LogP contribution is -2.32. The number of rotatable bonds is 3. The minimum absolute atomic E-state index is 0.687. The molecule has 0 aromatic rings. The maximum absolute atomic E-state index is 3.76. The van der Waals surface area contributed by atoms with E-state index in [0.29, 0.717) is 5.41 Å². The molecular weight excluding hydrogens is 158 g/mol. The molecule has 0 aliphatic heterocycles.